The number of carbonyl (C=O) groups is 1. The van der Waals surface area contributed by atoms with Crippen LogP contribution in [0.4, 0.5) is 5.69 Å². The molecule has 2 aliphatic heterocycles. The molecule has 0 saturated heterocycles. The fourth-order valence-electron chi connectivity index (χ4n) is 5.05. The summed E-state index contributed by atoms with van der Waals surface area (Å²) in [5.74, 6) is 0.327. The molecule has 4 nitrogen and oxygen atoms in total. The number of hydrogen-bond donors (Lipinski definition) is 3. The lowest BCUT2D eigenvalue weighted by atomic mass is 9.77. The molecule has 0 radical (unpaired) electrons. The third kappa shape index (κ3) is 1.90. The first-order chi connectivity index (χ1) is 13.7. The predicted octanol–water partition coefficient (Wildman–Crippen LogP) is 3.44. The lowest BCUT2D eigenvalue weighted by Crippen LogP contribution is -2.99. The number of nitrogens with one attached hydrogen (secondary N) is 2. The van der Waals surface area contributed by atoms with Gasteiger partial charge < -0.3 is 15.6 Å². The number of anilines is 1. The number of quaternary nitrogens is 1. The van der Waals surface area contributed by atoms with Crippen molar-refractivity contribution in [2.75, 3.05) is 11.9 Å². The van der Waals surface area contributed by atoms with E-state index in [4.69, 9.17) is 0 Å². The molecule has 6 rings (SSSR count). The number of benzene rings is 2. The standard InChI is InChI=1S/C23H19N3OS/c1-13-6-4-8-16-20(13)26-22(27)23(16)21-19(14-7-2-3-9-17(14)25-21)15(12-24-23)18-10-5-11-28-18/h2-11,15,24-25H,12H2,1H3,(H,26,27)/p+1/t15-,23-/m0/s1. The van der Waals surface area contributed by atoms with E-state index >= 15 is 0 Å². The average Bonchev–Trinajstić information content (AvgIpc) is 3.42. The van der Waals surface area contributed by atoms with E-state index in [9.17, 15) is 4.79 Å². The highest BCUT2D eigenvalue weighted by atomic mass is 32.1. The van der Waals surface area contributed by atoms with Crippen LogP contribution in [0.3, 0.4) is 0 Å². The minimum absolute atomic E-state index is 0.0502. The molecule has 4 aromatic rings. The van der Waals surface area contributed by atoms with Crippen LogP contribution in [0.25, 0.3) is 10.9 Å². The maximum absolute atomic E-state index is 13.4. The molecular weight excluding hydrogens is 366 g/mol. The van der Waals surface area contributed by atoms with Gasteiger partial charge in [-0.2, -0.15) is 0 Å². The molecule has 28 heavy (non-hydrogen) atoms. The summed E-state index contributed by atoms with van der Waals surface area (Å²) in [5, 5.41) is 8.76. The van der Waals surface area contributed by atoms with Crippen molar-refractivity contribution in [2.24, 2.45) is 0 Å². The Bertz CT molecular complexity index is 1240. The number of carbonyl (C=O) groups excluding carboxylic acids is 1. The lowest BCUT2D eigenvalue weighted by molar-refractivity contribution is -0.715. The van der Waals surface area contributed by atoms with Gasteiger partial charge in [0, 0.05) is 21.3 Å². The summed E-state index contributed by atoms with van der Waals surface area (Å²) < 4.78 is 0. The largest absolute Gasteiger partial charge is 0.352 e. The highest BCUT2D eigenvalue weighted by molar-refractivity contribution is 7.10. The van der Waals surface area contributed by atoms with Gasteiger partial charge in [-0.15, -0.1) is 11.3 Å². The summed E-state index contributed by atoms with van der Waals surface area (Å²) in [6, 6.07) is 18.9. The van der Waals surface area contributed by atoms with Gasteiger partial charge in [0.2, 0.25) is 5.54 Å². The Kier molecular flexibility index (Phi) is 3.20. The number of aromatic nitrogens is 1. The smallest absolute Gasteiger partial charge is 0.297 e. The van der Waals surface area contributed by atoms with Gasteiger partial charge in [0.05, 0.1) is 29.4 Å². The van der Waals surface area contributed by atoms with Crippen LogP contribution in [-0.2, 0) is 10.3 Å². The molecule has 0 bridgehead atoms. The van der Waals surface area contributed by atoms with Crippen molar-refractivity contribution >= 4 is 33.8 Å². The maximum Gasteiger partial charge on any atom is 0.297 e. The van der Waals surface area contributed by atoms with E-state index in [1.165, 1.54) is 15.8 Å². The first-order valence-corrected chi connectivity index (χ1v) is 10.5. The van der Waals surface area contributed by atoms with Crippen LogP contribution >= 0.6 is 11.3 Å². The molecule has 138 valence electrons. The third-order valence-corrected chi connectivity index (χ3v) is 7.32. The van der Waals surface area contributed by atoms with Gasteiger partial charge in [-0.25, -0.2) is 0 Å². The SMILES string of the molecule is Cc1cccc2c1NC(=O)[C@]21[NH2+]C[C@@H](c2cccs2)c2c1[nH]c1ccccc21. The molecule has 1 amide bonds. The van der Waals surface area contributed by atoms with Gasteiger partial charge in [-0.05, 0) is 36.1 Å². The lowest BCUT2D eigenvalue weighted by Gasteiger charge is -2.33. The van der Waals surface area contributed by atoms with E-state index in [1.54, 1.807) is 11.3 Å². The fourth-order valence-corrected chi connectivity index (χ4v) is 5.90. The number of H-pyrrole nitrogens is 1. The Hall–Kier alpha value is -2.89. The van der Waals surface area contributed by atoms with E-state index in [0.29, 0.717) is 0 Å². The second-order valence-corrected chi connectivity index (χ2v) is 8.71. The van der Waals surface area contributed by atoms with Gasteiger partial charge in [-0.3, -0.25) is 4.79 Å². The zero-order valence-electron chi connectivity index (χ0n) is 15.5. The Balaban J connectivity index is 1.69. The van der Waals surface area contributed by atoms with Crippen LogP contribution in [0.5, 0.6) is 0 Å². The van der Waals surface area contributed by atoms with Gasteiger partial charge in [0.15, 0.2) is 0 Å². The summed E-state index contributed by atoms with van der Waals surface area (Å²) in [4.78, 5) is 18.4. The molecule has 2 aromatic carbocycles. The Morgan fingerprint density at radius 3 is 2.86 bits per heavy atom. The Morgan fingerprint density at radius 1 is 1.11 bits per heavy atom. The molecule has 4 N–H and O–H groups in total. The summed E-state index contributed by atoms with van der Waals surface area (Å²) in [7, 11) is 0. The number of rotatable bonds is 1. The van der Waals surface area contributed by atoms with Crippen LogP contribution in [0.1, 0.15) is 33.2 Å². The van der Waals surface area contributed by atoms with Gasteiger partial charge in [0.25, 0.3) is 5.91 Å². The molecule has 0 aliphatic carbocycles. The Morgan fingerprint density at radius 2 is 2.00 bits per heavy atom. The van der Waals surface area contributed by atoms with Crippen molar-refractivity contribution < 1.29 is 10.1 Å². The third-order valence-electron chi connectivity index (χ3n) is 6.33. The summed E-state index contributed by atoms with van der Waals surface area (Å²) in [5.41, 5.74) is 5.78. The predicted molar refractivity (Wildman–Crippen MR) is 112 cm³/mol. The first kappa shape index (κ1) is 16.1. The summed E-state index contributed by atoms with van der Waals surface area (Å²) in [6.45, 7) is 2.90. The van der Waals surface area contributed by atoms with Crippen molar-refractivity contribution in [3.05, 3.63) is 87.2 Å². The normalized spacial score (nSPS) is 23.0. The molecule has 0 fully saturated rings. The number of amides is 1. The first-order valence-electron chi connectivity index (χ1n) is 9.60. The number of hydrogen-bond acceptors (Lipinski definition) is 2. The molecule has 2 aliphatic rings. The van der Waals surface area contributed by atoms with Crippen LogP contribution in [-0.4, -0.2) is 17.4 Å². The van der Waals surface area contributed by atoms with Crippen molar-refractivity contribution in [1.82, 2.24) is 4.98 Å². The quantitative estimate of drug-likeness (QED) is 0.461. The molecule has 4 heterocycles. The zero-order chi connectivity index (χ0) is 18.9. The average molecular weight is 387 g/mol. The zero-order valence-corrected chi connectivity index (χ0v) is 16.3. The monoisotopic (exact) mass is 386 g/mol. The minimum atomic E-state index is -0.747. The van der Waals surface area contributed by atoms with E-state index in [1.807, 2.05) is 6.07 Å². The molecular formula is C23H20N3OS+. The van der Waals surface area contributed by atoms with Gasteiger partial charge >= 0.3 is 0 Å². The molecule has 0 unspecified atom stereocenters. The Labute approximate surface area is 166 Å². The molecule has 5 heteroatoms. The second-order valence-electron chi connectivity index (χ2n) is 7.73. The molecule has 0 saturated carbocycles. The highest BCUT2D eigenvalue weighted by Gasteiger charge is 2.58. The fraction of sp³-hybridized carbons (Fsp3) is 0.174. The van der Waals surface area contributed by atoms with Crippen molar-refractivity contribution in [2.45, 2.75) is 18.4 Å². The van der Waals surface area contributed by atoms with E-state index in [2.05, 4.69) is 76.5 Å². The molecule has 1 spiro atoms. The second kappa shape index (κ2) is 5.56. The molecule has 2 aromatic heterocycles. The van der Waals surface area contributed by atoms with Crippen molar-refractivity contribution in [3.8, 4) is 0 Å². The maximum atomic E-state index is 13.4. The summed E-state index contributed by atoms with van der Waals surface area (Å²) >= 11 is 1.79. The molecule has 2 atom stereocenters. The number of aryl methyl sites for hydroxylation is 1. The van der Waals surface area contributed by atoms with E-state index in [0.717, 1.165) is 34.6 Å². The summed E-state index contributed by atoms with van der Waals surface area (Å²) in [6.07, 6.45) is 0. The van der Waals surface area contributed by atoms with E-state index < -0.39 is 5.54 Å². The van der Waals surface area contributed by atoms with Crippen LogP contribution in [0.2, 0.25) is 0 Å². The highest BCUT2D eigenvalue weighted by Crippen LogP contribution is 2.47. The van der Waals surface area contributed by atoms with E-state index in [-0.39, 0.29) is 11.8 Å². The van der Waals surface area contributed by atoms with Crippen LogP contribution < -0.4 is 10.6 Å². The topological polar surface area (TPSA) is 61.5 Å². The minimum Gasteiger partial charge on any atom is -0.352 e. The van der Waals surface area contributed by atoms with Crippen molar-refractivity contribution in [1.29, 1.82) is 0 Å². The number of thiophene rings is 1. The van der Waals surface area contributed by atoms with Crippen LogP contribution in [0.15, 0.2) is 60.0 Å². The van der Waals surface area contributed by atoms with Crippen molar-refractivity contribution in [3.63, 3.8) is 0 Å². The number of fused-ring (bicyclic) bond motifs is 6. The van der Waals surface area contributed by atoms with Crippen LogP contribution in [0, 0.1) is 6.92 Å². The van der Waals surface area contributed by atoms with Gasteiger partial charge in [0.1, 0.15) is 0 Å². The number of aromatic amines is 1. The number of para-hydroxylation sites is 2. The number of nitrogens with two attached hydrogens (primary N) is 1. The van der Waals surface area contributed by atoms with Gasteiger partial charge in [-0.1, -0.05) is 36.4 Å².